The number of ether oxygens (including phenoxy) is 1. The third kappa shape index (κ3) is 3.87. The zero-order chi connectivity index (χ0) is 13.8. The van der Waals surface area contributed by atoms with Crippen LogP contribution in [-0.4, -0.2) is 37.0 Å². The molecular weight excluding hydrogens is 276 g/mol. The van der Waals surface area contributed by atoms with Crippen LogP contribution in [0.2, 0.25) is 0 Å². The third-order valence-electron chi connectivity index (χ3n) is 3.83. The Morgan fingerprint density at radius 3 is 2.60 bits per heavy atom. The van der Waals surface area contributed by atoms with Crippen LogP contribution in [0.25, 0.3) is 0 Å². The predicted octanol–water partition coefficient (Wildman–Crippen LogP) is 2.32. The summed E-state index contributed by atoms with van der Waals surface area (Å²) in [7, 11) is 1.62. The Hall–Kier alpha value is -1.26. The van der Waals surface area contributed by atoms with Gasteiger partial charge in [0.05, 0.1) is 7.11 Å². The number of hydrogen-bond acceptors (Lipinski definition) is 3. The highest BCUT2D eigenvalue weighted by molar-refractivity contribution is 5.94. The van der Waals surface area contributed by atoms with Crippen LogP contribution >= 0.6 is 12.4 Å². The van der Waals surface area contributed by atoms with Crippen molar-refractivity contribution in [1.82, 2.24) is 4.90 Å². The lowest BCUT2D eigenvalue weighted by molar-refractivity contribution is 0.0661. The van der Waals surface area contributed by atoms with Gasteiger partial charge in [-0.3, -0.25) is 4.79 Å². The number of nitrogens with zero attached hydrogens (tertiary/aromatic N) is 1. The molecule has 112 valence electrons. The minimum absolute atomic E-state index is 0. The number of carbonyl (C=O) groups is 1. The van der Waals surface area contributed by atoms with E-state index in [9.17, 15) is 4.79 Å². The zero-order valence-electron chi connectivity index (χ0n) is 12.0. The van der Waals surface area contributed by atoms with Crippen molar-refractivity contribution < 1.29 is 9.53 Å². The topological polar surface area (TPSA) is 55.6 Å². The number of halogens is 1. The Labute approximate surface area is 126 Å². The molecule has 0 bridgehead atoms. The summed E-state index contributed by atoms with van der Waals surface area (Å²) >= 11 is 0. The van der Waals surface area contributed by atoms with Gasteiger partial charge in [0.15, 0.2) is 0 Å². The number of nitrogens with two attached hydrogens (primary N) is 1. The van der Waals surface area contributed by atoms with Gasteiger partial charge in [0.1, 0.15) is 5.75 Å². The fraction of sp³-hybridized carbons (Fsp3) is 0.533. The van der Waals surface area contributed by atoms with E-state index in [2.05, 4.69) is 0 Å². The molecule has 1 aliphatic heterocycles. The van der Waals surface area contributed by atoms with Gasteiger partial charge in [-0.2, -0.15) is 0 Å². The largest absolute Gasteiger partial charge is 0.497 e. The van der Waals surface area contributed by atoms with Crippen molar-refractivity contribution in [2.75, 3.05) is 20.2 Å². The van der Waals surface area contributed by atoms with Gasteiger partial charge in [0, 0.05) is 24.7 Å². The maximum absolute atomic E-state index is 12.4. The SMILES string of the molecule is COc1ccc(C(=O)N2CCCC(C(C)N)C2)cc1.Cl. The van der Waals surface area contributed by atoms with Crippen LogP contribution in [-0.2, 0) is 0 Å². The summed E-state index contributed by atoms with van der Waals surface area (Å²) in [5.41, 5.74) is 6.67. The summed E-state index contributed by atoms with van der Waals surface area (Å²) in [6, 6.07) is 7.42. The van der Waals surface area contributed by atoms with Crippen LogP contribution in [0.1, 0.15) is 30.1 Å². The average molecular weight is 299 g/mol. The van der Waals surface area contributed by atoms with Crippen molar-refractivity contribution in [3.8, 4) is 5.75 Å². The molecule has 1 fully saturated rings. The molecule has 0 radical (unpaired) electrons. The highest BCUT2D eigenvalue weighted by Crippen LogP contribution is 2.21. The van der Waals surface area contributed by atoms with Crippen molar-refractivity contribution in [3.05, 3.63) is 29.8 Å². The van der Waals surface area contributed by atoms with Crippen molar-refractivity contribution in [3.63, 3.8) is 0 Å². The maximum Gasteiger partial charge on any atom is 0.253 e. The second kappa shape index (κ2) is 7.50. The number of likely N-dealkylation sites (tertiary alicyclic amines) is 1. The molecule has 2 unspecified atom stereocenters. The third-order valence-corrected chi connectivity index (χ3v) is 3.83. The molecule has 20 heavy (non-hydrogen) atoms. The summed E-state index contributed by atoms with van der Waals surface area (Å²) in [4.78, 5) is 14.3. The first-order valence-electron chi connectivity index (χ1n) is 6.80. The summed E-state index contributed by atoms with van der Waals surface area (Å²) in [5.74, 6) is 1.27. The molecule has 1 amide bonds. The van der Waals surface area contributed by atoms with E-state index in [1.807, 2.05) is 36.1 Å². The maximum atomic E-state index is 12.4. The average Bonchev–Trinajstić information content (AvgIpc) is 2.46. The lowest BCUT2D eigenvalue weighted by Crippen LogP contribution is -2.45. The van der Waals surface area contributed by atoms with Crippen LogP contribution in [0.3, 0.4) is 0 Å². The molecule has 1 saturated heterocycles. The van der Waals surface area contributed by atoms with Gasteiger partial charge in [-0.1, -0.05) is 0 Å². The molecular formula is C15H23ClN2O2. The molecule has 1 aliphatic rings. The van der Waals surface area contributed by atoms with Gasteiger partial charge in [-0.05, 0) is 49.9 Å². The van der Waals surface area contributed by atoms with Crippen molar-refractivity contribution in [2.45, 2.75) is 25.8 Å². The second-order valence-electron chi connectivity index (χ2n) is 5.24. The van der Waals surface area contributed by atoms with E-state index in [4.69, 9.17) is 10.5 Å². The molecule has 1 heterocycles. The van der Waals surface area contributed by atoms with Crippen LogP contribution in [0, 0.1) is 5.92 Å². The first-order valence-corrected chi connectivity index (χ1v) is 6.80. The predicted molar refractivity (Wildman–Crippen MR) is 82.5 cm³/mol. The molecule has 2 atom stereocenters. The highest BCUT2D eigenvalue weighted by Gasteiger charge is 2.26. The first-order chi connectivity index (χ1) is 9.11. The number of carbonyl (C=O) groups excluding carboxylic acids is 1. The molecule has 1 aromatic carbocycles. The minimum Gasteiger partial charge on any atom is -0.497 e. The van der Waals surface area contributed by atoms with Crippen LogP contribution in [0.15, 0.2) is 24.3 Å². The molecule has 5 heteroatoms. The first kappa shape index (κ1) is 16.8. The number of benzene rings is 1. The number of methoxy groups -OCH3 is 1. The molecule has 0 saturated carbocycles. The normalized spacial score (nSPS) is 19.9. The van der Waals surface area contributed by atoms with Crippen molar-refractivity contribution in [1.29, 1.82) is 0 Å². The van der Waals surface area contributed by atoms with Gasteiger partial charge in [0.25, 0.3) is 5.91 Å². The standard InChI is InChI=1S/C15H22N2O2.ClH/c1-11(16)13-4-3-9-17(10-13)15(18)12-5-7-14(19-2)8-6-12;/h5-8,11,13H,3-4,9-10,16H2,1-2H3;1H. The van der Waals surface area contributed by atoms with Crippen LogP contribution in [0.4, 0.5) is 0 Å². The fourth-order valence-electron chi connectivity index (χ4n) is 2.54. The molecule has 0 aromatic heterocycles. The Balaban J connectivity index is 0.00000200. The molecule has 2 N–H and O–H groups in total. The Kier molecular flexibility index (Phi) is 6.30. The van der Waals surface area contributed by atoms with E-state index in [1.54, 1.807) is 7.11 Å². The highest BCUT2D eigenvalue weighted by atomic mass is 35.5. The van der Waals surface area contributed by atoms with E-state index in [0.29, 0.717) is 11.5 Å². The molecule has 0 spiro atoms. The molecule has 0 aliphatic carbocycles. The van der Waals surface area contributed by atoms with E-state index >= 15 is 0 Å². The van der Waals surface area contributed by atoms with E-state index in [-0.39, 0.29) is 24.4 Å². The Morgan fingerprint density at radius 2 is 2.05 bits per heavy atom. The molecule has 1 aromatic rings. The van der Waals surface area contributed by atoms with Gasteiger partial charge >= 0.3 is 0 Å². The van der Waals surface area contributed by atoms with Gasteiger partial charge in [-0.25, -0.2) is 0 Å². The number of piperidine rings is 1. The minimum atomic E-state index is 0. The lowest BCUT2D eigenvalue weighted by atomic mass is 9.92. The fourth-order valence-corrected chi connectivity index (χ4v) is 2.54. The molecule has 2 rings (SSSR count). The smallest absolute Gasteiger partial charge is 0.253 e. The lowest BCUT2D eigenvalue weighted by Gasteiger charge is -2.34. The summed E-state index contributed by atoms with van der Waals surface area (Å²) in [6.45, 7) is 3.61. The monoisotopic (exact) mass is 298 g/mol. The zero-order valence-corrected chi connectivity index (χ0v) is 12.9. The summed E-state index contributed by atoms with van der Waals surface area (Å²) < 4.78 is 5.10. The quantitative estimate of drug-likeness (QED) is 0.932. The van der Waals surface area contributed by atoms with E-state index < -0.39 is 0 Å². The number of hydrogen-bond donors (Lipinski definition) is 1. The van der Waals surface area contributed by atoms with Crippen molar-refractivity contribution in [2.24, 2.45) is 11.7 Å². The molecule has 4 nitrogen and oxygen atoms in total. The second-order valence-corrected chi connectivity index (χ2v) is 5.24. The number of rotatable bonds is 3. The summed E-state index contributed by atoms with van der Waals surface area (Å²) in [5, 5.41) is 0. The van der Waals surface area contributed by atoms with Gasteiger partial charge < -0.3 is 15.4 Å². The van der Waals surface area contributed by atoms with E-state index in [0.717, 1.165) is 31.7 Å². The summed E-state index contributed by atoms with van der Waals surface area (Å²) in [6.07, 6.45) is 2.15. The van der Waals surface area contributed by atoms with E-state index in [1.165, 1.54) is 0 Å². The van der Waals surface area contributed by atoms with Gasteiger partial charge in [-0.15, -0.1) is 12.4 Å². The van der Waals surface area contributed by atoms with Crippen molar-refractivity contribution >= 4 is 18.3 Å². The Morgan fingerprint density at radius 1 is 1.40 bits per heavy atom. The van der Waals surface area contributed by atoms with Crippen LogP contribution in [0.5, 0.6) is 5.75 Å². The number of amides is 1. The van der Waals surface area contributed by atoms with Gasteiger partial charge in [0.2, 0.25) is 0 Å². The van der Waals surface area contributed by atoms with Crippen LogP contribution < -0.4 is 10.5 Å². The Bertz CT molecular complexity index is 434.